The minimum Gasteiger partial charge on any atom is -0.326 e. The predicted octanol–water partition coefficient (Wildman–Crippen LogP) is 4.01. The van der Waals surface area contributed by atoms with Crippen molar-refractivity contribution >= 4 is 34.0 Å². The molecule has 0 radical (unpaired) electrons. The molecule has 2 N–H and O–H groups in total. The molecule has 0 bridgehead atoms. The summed E-state index contributed by atoms with van der Waals surface area (Å²) in [4.78, 5) is 27.6. The van der Waals surface area contributed by atoms with Gasteiger partial charge in [0, 0.05) is 30.1 Å². The van der Waals surface area contributed by atoms with E-state index in [1.807, 2.05) is 24.3 Å². The first-order valence-electron chi connectivity index (χ1n) is 7.67. The Labute approximate surface area is 140 Å². The molecular weight excluding hydrogens is 310 g/mol. The molecule has 0 aliphatic carbocycles. The van der Waals surface area contributed by atoms with Gasteiger partial charge in [-0.1, -0.05) is 26.0 Å². The van der Waals surface area contributed by atoms with Crippen LogP contribution in [0.1, 0.15) is 44.6 Å². The summed E-state index contributed by atoms with van der Waals surface area (Å²) >= 11 is 1.35. The number of nitrogens with one attached hydrogen (secondary N) is 2. The van der Waals surface area contributed by atoms with Gasteiger partial charge < -0.3 is 10.6 Å². The van der Waals surface area contributed by atoms with Crippen molar-refractivity contribution in [2.75, 3.05) is 10.6 Å². The molecule has 6 heteroatoms. The summed E-state index contributed by atoms with van der Waals surface area (Å²) in [6, 6.07) is 7.85. The van der Waals surface area contributed by atoms with Gasteiger partial charge in [-0.2, -0.15) is 0 Å². The first-order valence-corrected chi connectivity index (χ1v) is 8.55. The third-order valence-corrected chi connectivity index (χ3v) is 4.32. The SMILES string of the molecule is CCC(C)c1ccc(NC(=O)CCC(=O)Nc2nccs2)cc1. The van der Waals surface area contributed by atoms with E-state index >= 15 is 0 Å². The Morgan fingerprint density at radius 3 is 2.35 bits per heavy atom. The zero-order chi connectivity index (χ0) is 16.7. The number of nitrogens with zero attached hydrogens (tertiary/aromatic N) is 1. The van der Waals surface area contributed by atoms with Crippen molar-refractivity contribution in [1.29, 1.82) is 0 Å². The first kappa shape index (κ1) is 17.1. The number of benzene rings is 1. The summed E-state index contributed by atoms with van der Waals surface area (Å²) in [7, 11) is 0. The largest absolute Gasteiger partial charge is 0.326 e. The fourth-order valence-corrected chi connectivity index (χ4v) is 2.59. The molecule has 2 aromatic rings. The molecule has 1 aromatic heterocycles. The Kier molecular flexibility index (Phi) is 6.29. The molecule has 1 unspecified atom stereocenters. The number of hydrogen-bond acceptors (Lipinski definition) is 4. The van der Waals surface area contributed by atoms with Gasteiger partial charge in [0.25, 0.3) is 0 Å². The Bertz CT molecular complexity index is 638. The highest BCUT2D eigenvalue weighted by atomic mass is 32.1. The quantitative estimate of drug-likeness (QED) is 0.805. The average Bonchev–Trinajstić information content (AvgIpc) is 3.06. The molecule has 1 aromatic carbocycles. The smallest absolute Gasteiger partial charge is 0.226 e. The van der Waals surface area contributed by atoms with Gasteiger partial charge in [-0.3, -0.25) is 9.59 Å². The number of hydrogen-bond donors (Lipinski definition) is 2. The third kappa shape index (κ3) is 5.49. The van der Waals surface area contributed by atoms with Gasteiger partial charge >= 0.3 is 0 Å². The van der Waals surface area contributed by atoms with Gasteiger partial charge in [-0.25, -0.2) is 4.98 Å². The summed E-state index contributed by atoms with van der Waals surface area (Å²) in [5.74, 6) is 0.132. The Hall–Kier alpha value is -2.21. The van der Waals surface area contributed by atoms with Gasteiger partial charge in [0.05, 0.1) is 0 Å². The molecule has 23 heavy (non-hydrogen) atoms. The van der Waals surface area contributed by atoms with Crippen molar-refractivity contribution in [2.45, 2.75) is 39.0 Å². The normalized spacial score (nSPS) is 11.7. The lowest BCUT2D eigenvalue weighted by Gasteiger charge is -2.10. The van der Waals surface area contributed by atoms with Crippen molar-refractivity contribution in [3.8, 4) is 0 Å². The van der Waals surface area contributed by atoms with E-state index in [4.69, 9.17) is 0 Å². The Morgan fingerprint density at radius 2 is 1.78 bits per heavy atom. The average molecular weight is 331 g/mol. The minimum atomic E-state index is -0.206. The van der Waals surface area contributed by atoms with Crippen LogP contribution in [0.4, 0.5) is 10.8 Å². The van der Waals surface area contributed by atoms with Crippen molar-refractivity contribution in [1.82, 2.24) is 4.98 Å². The molecule has 0 aliphatic rings. The van der Waals surface area contributed by atoms with E-state index in [-0.39, 0.29) is 24.7 Å². The van der Waals surface area contributed by atoms with Crippen LogP contribution in [0.5, 0.6) is 0 Å². The molecular formula is C17H21N3O2S. The maximum Gasteiger partial charge on any atom is 0.226 e. The van der Waals surface area contributed by atoms with Crippen molar-refractivity contribution in [3.05, 3.63) is 41.4 Å². The van der Waals surface area contributed by atoms with E-state index in [9.17, 15) is 9.59 Å². The lowest BCUT2D eigenvalue weighted by molar-refractivity contribution is -0.121. The van der Waals surface area contributed by atoms with Crippen molar-refractivity contribution < 1.29 is 9.59 Å². The highest BCUT2D eigenvalue weighted by Gasteiger charge is 2.09. The number of anilines is 2. The monoisotopic (exact) mass is 331 g/mol. The molecule has 1 heterocycles. The van der Waals surface area contributed by atoms with Gasteiger partial charge in [0.15, 0.2) is 5.13 Å². The topological polar surface area (TPSA) is 71.1 Å². The zero-order valence-corrected chi connectivity index (χ0v) is 14.2. The minimum absolute atomic E-state index is 0.135. The lowest BCUT2D eigenvalue weighted by Crippen LogP contribution is -2.17. The van der Waals surface area contributed by atoms with E-state index in [0.717, 1.165) is 12.1 Å². The van der Waals surface area contributed by atoms with E-state index in [1.54, 1.807) is 11.6 Å². The van der Waals surface area contributed by atoms with Crippen LogP contribution in [0.3, 0.4) is 0 Å². The molecule has 0 fully saturated rings. The third-order valence-electron chi connectivity index (χ3n) is 3.63. The van der Waals surface area contributed by atoms with Crippen LogP contribution in [0.25, 0.3) is 0 Å². The zero-order valence-electron chi connectivity index (χ0n) is 13.3. The molecule has 122 valence electrons. The predicted molar refractivity (Wildman–Crippen MR) is 93.8 cm³/mol. The lowest BCUT2D eigenvalue weighted by atomic mass is 9.99. The standard InChI is InChI=1S/C17H21N3O2S/c1-3-12(2)13-4-6-14(7-5-13)19-15(21)8-9-16(22)20-17-18-10-11-23-17/h4-7,10-12H,3,8-9H2,1-2H3,(H,19,21)(H,18,20,22). The second-order valence-electron chi connectivity index (χ2n) is 5.36. The maximum atomic E-state index is 11.9. The highest BCUT2D eigenvalue weighted by molar-refractivity contribution is 7.13. The fraction of sp³-hybridized carbons (Fsp3) is 0.353. The Morgan fingerprint density at radius 1 is 1.13 bits per heavy atom. The molecule has 2 rings (SSSR count). The van der Waals surface area contributed by atoms with Gasteiger partial charge in [-0.15, -0.1) is 11.3 Å². The summed E-state index contributed by atoms with van der Waals surface area (Å²) in [6.07, 6.45) is 2.98. The number of rotatable bonds is 7. The molecule has 0 saturated heterocycles. The Balaban J connectivity index is 1.77. The highest BCUT2D eigenvalue weighted by Crippen LogP contribution is 2.20. The van der Waals surface area contributed by atoms with Crippen LogP contribution in [0, 0.1) is 0 Å². The summed E-state index contributed by atoms with van der Waals surface area (Å²) < 4.78 is 0. The van der Waals surface area contributed by atoms with E-state index in [1.165, 1.54) is 16.9 Å². The number of thiazole rings is 1. The van der Waals surface area contributed by atoms with Crippen LogP contribution in [-0.2, 0) is 9.59 Å². The van der Waals surface area contributed by atoms with Gasteiger partial charge in [0.2, 0.25) is 11.8 Å². The summed E-state index contributed by atoms with van der Waals surface area (Å²) in [5.41, 5.74) is 2.01. The van der Waals surface area contributed by atoms with Gasteiger partial charge in [-0.05, 0) is 30.0 Å². The second kappa shape index (κ2) is 8.43. The van der Waals surface area contributed by atoms with E-state index < -0.39 is 0 Å². The maximum absolute atomic E-state index is 11.9. The number of aromatic nitrogens is 1. The summed E-state index contributed by atoms with van der Waals surface area (Å²) in [6.45, 7) is 4.33. The van der Waals surface area contributed by atoms with Crippen LogP contribution in [0.15, 0.2) is 35.8 Å². The van der Waals surface area contributed by atoms with Crippen LogP contribution in [-0.4, -0.2) is 16.8 Å². The van der Waals surface area contributed by atoms with Crippen molar-refractivity contribution in [3.63, 3.8) is 0 Å². The molecule has 0 aliphatic heterocycles. The molecule has 0 saturated carbocycles. The molecule has 5 nitrogen and oxygen atoms in total. The number of amides is 2. The molecule has 0 spiro atoms. The molecule has 1 atom stereocenters. The number of carbonyl (C=O) groups is 2. The van der Waals surface area contributed by atoms with Crippen molar-refractivity contribution in [2.24, 2.45) is 0 Å². The van der Waals surface area contributed by atoms with Crippen LogP contribution in [0.2, 0.25) is 0 Å². The molecule has 2 amide bonds. The summed E-state index contributed by atoms with van der Waals surface area (Å²) in [5, 5.41) is 7.80. The van der Waals surface area contributed by atoms with E-state index in [0.29, 0.717) is 11.0 Å². The van der Waals surface area contributed by atoms with Gasteiger partial charge in [0.1, 0.15) is 0 Å². The first-order chi connectivity index (χ1) is 11.1. The van der Waals surface area contributed by atoms with E-state index in [2.05, 4.69) is 29.5 Å². The number of carbonyl (C=O) groups excluding carboxylic acids is 2. The van der Waals surface area contributed by atoms with Crippen LogP contribution < -0.4 is 10.6 Å². The second-order valence-corrected chi connectivity index (χ2v) is 6.26. The van der Waals surface area contributed by atoms with Crippen LogP contribution >= 0.6 is 11.3 Å². The fourth-order valence-electron chi connectivity index (χ4n) is 2.05.